The summed E-state index contributed by atoms with van der Waals surface area (Å²) >= 11 is 0. The van der Waals surface area contributed by atoms with Crippen LogP contribution >= 0.6 is 0 Å². The molecule has 3 rings (SSSR count). The van der Waals surface area contributed by atoms with Crippen LogP contribution in [0.15, 0.2) is 60.7 Å². The fourth-order valence-corrected chi connectivity index (χ4v) is 2.65. The van der Waals surface area contributed by atoms with Crippen LogP contribution in [-0.2, 0) is 0 Å². The van der Waals surface area contributed by atoms with E-state index in [1.807, 2.05) is 48.5 Å². The third-order valence-corrected chi connectivity index (χ3v) is 4.00. The van der Waals surface area contributed by atoms with Crippen molar-refractivity contribution in [1.82, 2.24) is 0 Å². The molecular weight excluding hydrogens is 336 g/mol. The molecule has 0 aromatic heterocycles. The summed E-state index contributed by atoms with van der Waals surface area (Å²) in [5.41, 5.74) is 0. The molecule has 0 bridgehead atoms. The molecule has 0 radical (unpaired) electrons. The quantitative estimate of drug-likeness (QED) is 0.445. The molecule has 0 spiro atoms. The van der Waals surface area contributed by atoms with Gasteiger partial charge in [-0.05, 0) is 59.0 Å². The van der Waals surface area contributed by atoms with Gasteiger partial charge in [-0.3, -0.25) is 0 Å². The van der Waals surface area contributed by atoms with Crippen LogP contribution in [0.1, 0.15) is 27.7 Å². The molecule has 3 aromatic rings. The zero-order valence-electron chi connectivity index (χ0n) is 16.6. The number of hydrogen-bond acceptors (Lipinski definition) is 3. The van der Waals surface area contributed by atoms with Crippen LogP contribution in [0.5, 0.6) is 23.0 Å². The number of rotatable bonds is 8. The molecule has 0 saturated heterocycles. The summed E-state index contributed by atoms with van der Waals surface area (Å²) in [4.78, 5) is 0. The molecule has 0 aliphatic carbocycles. The number of fused-ring (bicyclic) bond motifs is 1. The molecule has 3 heteroatoms. The topological polar surface area (TPSA) is 27.7 Å². The van der Waals surface area contributed by atoms with Crippen molar-refractivity contribution >= 4 is 10.8 Å². The Morgan fingerprint density at radius 1 is 0.630 bits per heavy atom. The third kappa shape index (κ3) is 5.40. The Morgan fingerprint density at radius 3 is 2.00 bits per heavy atom. The van der Waals surface area contributed by atoms with Crippen molar-refractivity contribution in [2.24, 2.45) is 11.8 Å². The second kappa shape index (κ2) is 8.81. The fraction of sp³-hybridized carbons (Fsp3) is 0.333. The zero-order chi connectivity index (χ0) is 19.2. The molecule has 0 N–H and O–H groups in total. The summed E-state index contributed by atoms with van der Waals surface area (Å²) < 4.78 is 18.0. The fourth-order valence-electron chi connectivity index (χ4n) is 2.65. The molecule has 0 atom stereocenters. The summed E-state index contributed by atoms with van der Waals surface area (Å²) in [5.74, 6) is 4.08. The number of para-hydroxylation sites is 1. The molecule has 0 saturated carbocycles. The van der Waals surface area contributed by atoms with Gasteiger partial charge < -0.3 is 14.2 Å². The predicted octanol–water partition coefficient (Wildman–Crippen LogP) is 6.70. The van der Waals surface area contributed by atoms with Crippen molar-refractivity contribution in [1.29, 1.82) is 0 Å². The van der Waals surface area contributed by atoms with Crippen molar-refractivity contribution in [2.75, 3.05) is 13.2 Å². The van der Waals surface area contributed by atoms with E-state index in [4.69, 9.17) is 14.2 Å². The van der Waals surface area contributed by atoms with Crippen LogP contribution in [0, 0.1) is 11.8 Å². The minimum absolute atomic E-state index is 0.436. The first-order chi connectivity index (χ1) is 13.0. The van der Waals surface area contributed by atoms with Gasteiger partial charge in [-0.15, -0.1) is 0 Å². The van der Waals surface area contributed by atoms with Gasteiger partial charge in [0.2, 0.25) is 0 Å². The number of ether oxygens (including phenoxy) is 3. The van der Waals surface area contributed by atoms with Gasteiger partial charge in [-0.1, -0.05) is 52.0 Å². The van der Waals surface area contributed by atoms with Gasteiger partial charge in [-0.25, -0.2) is 0 Å². The first kappa shape index (κ1) is 19.1. The van der Waals surface area contributed by atoms with Gasteiger partial charge in [0.05, 0.1) is 13.2 Å². The zero-order valence-corrected chi connectivity index (χ0v) is 16.6. The van der Waals surface area contributed by atoms with Crippen LogP contribution in [-0.4, -0.2) is 13.2 Å². The van der Waals surface area contributed by atoms with Crippen molar-refractivity contribution in [3.8, 4) is 23.0 Å². The van der Waals surface area contributed by atoms with E-state index in [1.165, 1.54) is 0 Å². The van der Waals surface area contributed by atoms with Gasteiger partial charge in [0.25, 0.3) is 0 Å². The van der Waals surface area contributed by atoms with E-state index in [9.17, 15) is 0 Å². The Balaban J connectivity index is 1.94. The monoisotopic (exact) mass is 364 g/mol. The SMILES string of the molecule is CC(C)COc1ccc2cc(Oc3ccccc3)c(OCC(C)C)cc2c1. The predicted molar refractivity (Wildman–Crippen MR) is 111 cm³/mol. The highest BCUT2D eigenvalue weighted by Gasteiger charge is 2.11. The lowest BCUT2D eigenvalue weighted by atomic mass is 10.1. The van der Waals surface area contributed by atoms with Crippen LogP contribution in [0.2, 0.25) is 0 Å². The number of hydrogen-bond donors (Lipinski definition) is 0. The highest BCUT2D eigenvalue weighted by molar-refractivity contribution is 5.87. The second-order valence-electron chi connectivity index (χ2n) is 7.63. The van der Waals surface area contributed by atoms with Crippen LogP contribution in [0.25, 0.3) is 10.8 Å². The van der Waals surface area contributed by atoms with E-state index in [0.29, 0.717) is 25.0 Å². The van der Waals surface area contributed by atoms with E-state index in [2.05, 4.69) is 39.8 Å². The van der Waals surface area contributed by atoms with Crippen molar-refractivity contribution in [3.63, 3.8) is 0 Å². The summed E-state index contributed by atoms with van der Waals surface area (Å²) in [6.07, 6.45) is 0. The molecule has 3 aromatic carbocycles. The van der Waals surface area contributed by atoms with Crippen LogP contribution in [0.3, 0.4) is 0 Å². The van der Waals surface area contributed by atoms with Crippen LogP contribution < -0.4 is 14.2 Å². The van der Waals surface area contributed by atoms with E-state index in [-0.39, 0.29) is 0 Å². The van der Waals surface area contributed by atoms with E-state index in [0.717, 1.165) is 33.8 Å². The lowest BCUT2D eigenvalue weighted by Gasteiger charge is -2.16. The summed E-state index contributed by atoms with van der Waals surface area (Å²) in [5, 5.41) is 2.17. The first-order valence-electron chi connectivity index (χ1n) is 9.57. The van der Waals surface area contributed by atoms with Crippen molar-refractivity contribution in [3.05, 3.63) is 60.7 Å². The largest absolute Gasteiger partial charge is 0.493 e. The molecule has 0 fully saturated rings. The maximum absolute atomic E-state index is 6.10. The molecule has 0 aliphatic rings. The number of benzene rings is 3. The van der Waals surface area contributed by atoms with Gasteiger partial charge in [-0.2, -0.15) is 0 Å². The third-order valence-electron chi connectivity index (χ3n) is 4.00. The lowest BCUT2D eigenvalue weighted by Crippen LogP contribution is -2.05. The maximum Gasteiger partial charge on any atom is 0.169 e. The summed E-state index contributed by atoms with van der Waals surface area (Å²) in [6, 6.07) is 20.0. The Labute approximate surface area is 161 Å². The van der Waals surface area contributed by atoms with Gasteiger partial charge in [0.15, 0.2) is 11.5 Å². The first-order valence-corrected chi connectivity index (χ1v) is 9.57. The summed E-state index contributed by atoms with van der Waals surface area (Å²) in [7, 11) is 0. The van der Waals surface area contributed by atoms with Gasteiger partial charge in [0, 0.05) is 0 Å². The molecule has 27 heavy (non-hydrogen) atoms. The second-order valence-corrected chi connectivity index (χ2v) is 7.63. The minimum atomic E-state index is 0.436. The molecular formula is C24H28O3. The molecule has 0 unspecified atom stereocenters. The molecule has 142 valence electrons. The normalized spacial score (nSPS) is 11.2. The highest BCUT2D eigenvalue weighted by atomic mass is 16.5. The Hall–Kier alpha value is -2.68. The average molecular weight is 364 g/mol. The van der Waals surface area contributed by atoms with Gasteiger partial charge >= 0.3 is 0 Å². The Morgan fingerprint density at radius 2 is 1.30 bits per heavy atom. The molecule has 0 amide bonds. The molecule has 0 heterocycles. The van der Waals surface area contributed by atoms with E-state index in [1.54, 1.807) is 0 Å². The Bertz CT molecular complexity index is 869. The highest BCUT2D eigenvalue weighted by Crippen LogP contribution is 2.37. The summed E-state index contributed by atoms with van der Waals surface area (Å²) in [6.45, 7) is 9.91. The average Bonchev–Trinajstić information content (AvgIpc) is 2.65. The molecule has 0 aliphatic heterocycles. The lowest BCUT2D eigenvalue weighted by molar-refractivity contribution is 0.261. The maximum atomic E-state index is 6.10. The molecule has 3 nitrogen and oxygen atoms in total. The van der Waals surface area contributed by atoms with E-state index >= 15 is 0 Å². The van der Waals surface area contributed by atoms with Gasteiger partial charge in [0.1, 0.15) is 11.5 Å². The van der Waals surface area contributed by atoms with Crippen molar-refractivity contribution in [2.45, 2.75) is 27.7 Å². The Kier molecular flexibility index (Phi) is 6.23. The standard InChI is InChI=1S/C24H28O3/c1-17(2)15-25-22-11-10-19-13-24(27-21-8-6-5-7-9-21)23(14-20(19)12-22)26-16-18(3)4/h5-14,17-18H,15-16H2,1-4H3. The van der Waals surface area contributed by atoms with E-state index < -0.39 is 0 Å². The smallest absolute Gasteiger partial charge is 0.169 e. The van der Waals surface area contributed by atoms with Crippen LogP contribution in [0.4, 0.5) is 0 Å². The minimum Gasteiger partial charge on any atom is -0.493 e. The van der Waals surface area contributed by atoms with Crippen molar-refractivity contribution < 1.29 is 14.2 Å².